The van der Waals surface area contributed by atoms with Crippen molar-refractivity contribution in [2.45, 2.75) is 20.3 Å². The predicted molar refractivity (Wildman–Crippen MR) is 90.5 cm³/mol. The molecule has 0 aliphatic heterocycles. The predicted octanol–water partition coefficient (Wildman–Crippen LogP) is 2.74. The fourth-order valence-electron chi connectivity index (χ4n) is 2.35. The number of hydrogen-bond donors (Lipinski definition) is 1. The zero-order valence-electron chi connectivity index (χ0n) is 13.7. The van der Waals surface area contributed by atoms with Crippen molar-refractivity contribution in [2.24, 2.45) is 0 Å². The molecule has 4 nitrogen and oxygen atoms in total. The van der Waals surface area contributed by atoms with Crippen LogP contribution in [0.3, 0.4) is 0 Å². The second kappa shape index (κ2) is 7.07. The lowest BCUT2D eigenvalue weighted by Gasteiger charge is -2.12. The minimum absolute atomic E-state index is 0.0430. The van der Waals surface area contributed by atoms with Gasteiger partial charge in [0.15, 0.2) is 0 Å². The number of benzene rings is 1. The first-order valence-corrected chi connectivity index (χ1v) is 7.45. The highest BCUT2D eigenvalue weighted by Gasteiger charge is 2.06. The van der Waals surface area contributed by atoms with Gasteiger partial charge in [-0.05, 0) is 50.1 Å². The van der Waals surface area contributed by atoms with E-state index < -0.39 is 0 Å². The largest absolute Gasteiger partial charge is 0.378 e. The third kappa shape index (κ3) is 4.32. The van der Waals surface area contributed by atoms with Crippen LogP contribution in [0.5, 0.6) is 0 Å². The first kappa shape index (κ1) is 16.0. The standard InChI is InChI=1S/C18H23N3O/c1-13-11-16(12-14(2)20-13)18(22)19-10-9-15-5-7-17(8-6-15)21(3)4/h5-8,11-12H,9-10H2,1-4H3,(H,19,22). The van der Waals surface area contributed by atoms with Crippen molar-refractivity contribution >= 4 is 11.6 Å². The van der Waals surface area contributed by atoms with Crippen LogP contribution in [0.15, 0.2) is 36.4 Å². The molecule has 116 valence electrons. The van der Waals surface area contributed by atoms with E-state index in [4.69, 9.17) is 0 Å². The van der Waals surface area contributed by atoms with E-state index in [1.807, 2.05) is 40.1 Å². The van der Waals surface area contributed by atoms with Gasteiger partial charge in [-0.15, -0.1) is 0 Å². The Bertz CT molecular complexity index is 628. The number of aryl methyl sites for hydroxylation is 2. The van der Waals surface area contributed by atoms with Gasteiger partial charge in [0.2, 0.25) is 0 Å². The molecule has 1 aromatic heterocycles. The molecule has 0 aliphatic carbocycles. The van der Waals surface area contributed by atoms with Crippen molar-refractivity contribution in [3.63, 3.8) is 0 Å². The number of pyridine rings is 1. The number of carbonyl (C=O) groups is 1. The molecule has 22 heavy (non-hydrogen) atoms. The second-order valence-electron chi connectivity index (χ2n) is 5.71. The lowest BCUT2D eigenvalue weighted by atomic mass is 10.1. The summed E-state index contributed by atoms with van der Waals surface area (Å²) < 4.78 is 0. The number of anilines is 1. The summed E-state index contributed by atoms with van der Waals surface area (Å²) >= 11 is 0. The molecule has 4 heteroatoms. The van der Waals surface area contributed by atoms with Crippen LogP contribution in [0.25, 0.3) is 0 Å². The molecule has 1 aromatic carbocycles. The van der Waals surface area contributed by atoms with Crippen LogP contribution in [0, 0.1) is 13.8 Å². The monoisotopic (exact) mass is 297 g/mol. The first-order valence-electron chi connectivity index (χ1n) is 7.45. The molecule has 2 rings (SSSR count). The average Bonchev–Trinajstić information content (AvgIpc) is 2.46. The summed E-state index contributed by atoms with van der Waals surface area (Å²) in [5.41, 5.74) is 4.80. The maximum absolute atomic E-state index is 12.1. The number of aromatic nitrogens is 1. The van der Waals surface area contributed by atoms with Gasteiger partial charge >= 0.3 is 0 Å². The number of hydrogen-bond acceptors (Lipinski definition) is 3. The van der Waals surface area contributed by atoms with Gasteiger partial charge in [0, 0.05) is 43.3 Å². The number of amides is 1. The highest BCUT2D eigenvalue weighted by molar-refractivity contribution is 5.94. The highest BCUT2D eigenvalue weighted by Crippen LogP contribution is 2.12. The molecule has 1 N–H and O–H groups in total. The van der Waals surface area contributed by atoms with Gasteiger partial charge in [-0.25, -0.2) is 0 Å². The molecule has 0 saturated carbocycles. The lowest BCUT2D eigenvalue weighted by molar-refractivity contribution is 0.0954. The summed E-state index contributed by atoms with van der Waals surface area (Å²) in [6, 6.07) is 12.0. The molecular formula is C18H23N3O. The normalized spacial score (nSPS) is 10.4. The van der Waals surface area contributed by atoms with E-state index in [9.17, 15) is 4.79 Å². The molecule has 0 radical (unpaired) electrons. The van der Waals surface area contributed by atoms with E-state index in [0.29, 0.717) is 12.1 Å². The maximum atomic E-state index is 12.1. The zero-order chi connectivity index (χ0) is 16.1. The van der Waals surface area contributed by atoms with E-state index in [2.05, 4.69) is 39.5 Å². The SMILES string of the molecule is Cc1cc(C(=O)NCCc2ccc(N(C)C)cc2)cc(C)n1. The van der Waals surface area contributed by atoms with Crippen molar-refractivity contribution < 1.29 is 4.79 Å². The molecule has 0 fully saturated rings. The van der Waals surface area contributed by atoms with Gasteiger partial charge in [0.25, 0.3) is 5.91 Å². The van der Waals surface area contributed by atoms with E-state index >= 15 is 0 Å². The molecule has 2 aromatic rings. The van der Waals surface area contributed by atoms with Crippen LogP contribution in [-0.4, -0.2) is 31.5 Å². The zero-order valence-corrected chi connectivity index (χ0v) is 13.7. The summed E-state index contributed by atoms with van der Waals surface area (Å²) in [5.74, 6) is -0.0430. The summed E-state index contributed by atoms with van der Waals surface area (Å²) in [4.78, 5) is 18.5. The Morgan fingerprint density at radius 2 is 1.68 bits per heavy atom. The van der Waals surface area contributed by atoms with Crippen LogP contribution < -0.4 is 10.2 Å². The van der Waals surface area contributed by atoms with Gasteiger partial charge in [0.05, 0.1) is 0 Å². The van der Waals surface area contributed by atoms with Gasteiger partial charge in [-0.3, -0.25) is 9.78 Å². The van der Waals surface area contributed by atoms with E-state index in [1.165, 1.54) is 11.3 Å². The Morgan fingerprint density at radius 3 is 2.23 bits per heavy atom. The fourth-order valence-corrected chi connectivity index (χ4v) is 2.35. The Morgan fingerprint density at radius 1 is 1.09 bits per heavy atom. The van der Waals surface area contributed by atoms with Crippen LogP contribution in [-0.2, 0) is 6.42 Å². The van der Waals surface area contributed by atoms with Crippen molar-refractivity contribution in [3.05, 3.63) is 58.9 Å². The smallest absolute Gasteiger partial charge is 0.251 e. The van der Waals surface area contributed by atoms with E-state index in [-0.39, 0.29) is 5.91 Å². The first-order chi connectivity index (χ1) is 10.5. The molecule has 1 heterocycles. The minimum atomic E-state index is -0.0430. The topological polar surface area (TPSA) is 45.2 Å². The van der Waals surface area contributed by atoms with E-state index in [1.54, 1.807) is 0 Å². The number of carbonyl (C=O) groups excluding carboxylic acids is 1. The van der Waals surface area contributed by atoms with Gasteiger partial charge in [-0.2, -0.15) is 0 Å². The maximum Gasteiger partial charge on any atom is 0.251 e. The van der Waals surface area contributed by atoms with E-state index in [0.717, 1.165) is 17.8 Å². The van der Waals surface area contributed by atoms with Crippen LogP contribution in [0.2, 0.25) is 0 Å². The Balaban J connectivity index is 1.89. The molecule has 0 saturated heterocycles. The summed E-state index contributed by atoms with van der Waals surface area (Å²) in [6.07, 6.45) is 0.822. The van der Waals surface area contributed by atoms with Crippen molar-refractivity contribution in [1.29, 1.82) is 0 Å². The van der Waals surface area contributed by atoms with Crippen molar-refractivity contribution in [3.8, 4) is 0 Å². The molecule has 1 amide bonds. The number of rotatable bonds is 5. The van der Waals surface area contributed by atoms with Crippen LogP contribution >= 0.6 is 0 Å². The summed E-state index contributed by atoms with van der Waals surface area (Å²) in [7, 11) is 4.04. The van der Waals surface area contributed by atoms with Gasteiger partial charge in [0.1, 0.15) is 0 Å². The lowest BCUT2D eigenvalue weighted by Crippen LogP contribution is -2.26. The Kier molecular flexibility index (Phi) is 5.15. The van der Waals surface area contributed by atoms with Crippen LogP contribution in [0.1, 0.15) is 27.3 Å². The van der Waals surface area contributed by atoms with Crippen molar-refractivity contribution in [2.75, 3.05) is 25.5 Å². The quantitative estimate of drug-likeness (QED) is 0.923. The van der Waals surface area contributed by atoms with Crippen molar-refractivity contribution in [1.82, 2.24) is 10.3 Å². The summed E-state index contributed by atoms with van der Waals surface area (Å²) in [6.45, 7) is 4.42. The fraction of sp³-hybridized carbons (Fsp3) is 0.333. The third-order valence-electron chi connectivity index (χ3n) is 3.50. The highest BCUT2D eigenvalue weighted by atomic mass is 16.1. The third-order valence-corrected chi connectivity index (χ3v) is 3.50. The molecule has 0 spiro atoms. The van der Waals surface area contributed by atoms with Gasteiger partial charge in [-0.1, -0.05) is 12.1 Å². The molecule has 0 aliphatic rings. The molecule has 0 unspecified atom stereocenters. The average molecular weight is 297 g/mol. The number of nitrogens with zero attached hydrogens (tertiary/aromatic N) is 2. The Labute approximate surface area is 132 Å². The molecular weight excluding hydrogens is 274 g/mol. The Hall–Kier alpha value is -2.36. The molecule has 0 bridgehead atoms. The van der Waals surface area contributed by atoms with Gasteiger partial charge < -0.3 is 10.2 Å². The minimum Gasteiger partial charge on any atom is -0.378 e. The van der Waals surface area contributed by atoms with Crippen LogP contribution in [0.4, 0.5) is 5.69 Å². The summed E-state index contributed by atoms with van der Waals surface area (Å²) in [5, 5.41) is 2.96. The molecule has 0 atom stereocenters. The number of nitrogens with one attached hydrogen (secondary N) is 1. The second-order valence-corrected chi connectivity index (χ2v) is 5.71.